The number of carbonyl (C=O) groups is 3. The van der Waals surface area contributed by atoms with Crippen LogP contribution in [0.5, 0.6) is 0 Å². The van der Waals surface area contributed by atoms with Gasteiger partial charge in [0, 0.05) is 17.8 Å². The molecule has 0 saturated heterocycles. The van der Waals surface area contributed by atoms with Gasteiger partial charge in [0.2, 0.25) is 11.8 Å². The van der Waals surface area contributed by atoms with Gasteiger partial charge in [0.25, 0.3) is 0 Å². The summed E-state index contributed by atoms with van der Waals surface area (Å²) in [6, 6.07) is 5.80. The summed E-state index contributed by atoms with van der Waals surface area (Å²) in [5, 5.41) is 5.65. The summed E-state index contributed by atoms with van der Waals surface area (Å²) in [6.45, 7) is 15.6. The topological polar surface area (TPSA) is 87.7 Å². The van der Waals surface area contributed by atoms with Gasteiger partial charge in [0.15, 0.2) is 0 Å². The van der Waals surface area contributed by atoms with Crippen molar-refractivity contribution in [2.45, 2.75) is 97.9 Å². The van der Waals surface area contributed by atoms with E-state index in [4.69, 9.17) is 4.74 Å². The van der Waals surface area contributed by atoms with Crippen LogP contribution >= 0.6 is 12.6 Å². The predicted octanol–water partition coefficient (Wildman–Crippen LogP) is 4.79. The zero-order chi connectivity index (χ0) is 26.1. The van der Waals surface area contributed by atoms with E-state index in [1.807, 2.05) is 52.0 Å². The Kier molecular flexibility index (Phi) is 11.4. The van der Waals surface area contributed by atoms with E-state index in [2.05, 4.69) is 30.2 Å². The molecule has 0 radical (unpaired) electrons. The second-order valence-corrected chi connectivity index (χ2v) is 10.6. The lowest BCUT2D eigenvalue weighted by molar-refractivity contribution is -0.148. The van der Waals surface area contributed by atoms with E-state index in [0.717, 1.165) is 24.0 Å². The molecule has 0 aliphatic heterocycles. The van der Waals surface area contributed by atoms with Crippen molar-refractivity contribution in [3.63, 3.8) is 0 Å². The van der Waals surface area contributed by atoms with E-state index in [0.29, 0.717) is 13.0 Å². The maximum atomic E-state index is 13.9. The highest BCUT2D eigenvalue weighted by atomic mass is 32.1. The molecule has 2 atom stereocenters. The fraction of sp³-hybridized carbons (Fsp3) is 0.654. The smallest absolute Gasteiger partial charge is 0.408 e. The van der Waals surface area contributed by atoms with Crippen LogP contribution in [-0.4, -0.2) is 52.3 Å². The zero-order valence-corrected chi connectivity index (χ0v) is 22.9. The molecule has 2 N–H and O–H groups in total. The number of amides is 3. The quantitative estimate of drug-likeness (QED) is 0.305. The molecular weight excluding hydrogens is 450 g/mol. The van der Waals surface area contributed by atoms with Crippen molar-refractivity contribution < 1.29 is 19.1 Å². The van der Waals surface area contributed by atoms with Gasteiger partial charge in [-0.1, -0.05) is 50.1 Å². The Bertz CT molecular complexity index is 836. The highest BCUT2D eigenvalue weighted by Gasteiger charge is 2.42. The summed E-state index contributed by atoms with van der Waals surface area (Å²) < 4.78 is 5.35. The normalized spacial score (nSPS) is 13.6. The van der Waals surface area contributed by atoms with Crippen LogP contribution in [0.25, 0.3) is 0 Å². The minimum atomic E-state index is -0.959. The number of carbonyl (C=O) groups excluding carboxylic acids is 3. The summed E-state index contributed by atoms with van der Waals surface area (Å²) in [5.41, 5.74) is 0.326. The van der Waals surface area contributed by atoms with Gasteiger partial charge in [0.05, 0.1) is 0 Å². The number of benzene rings is 1. The first-order valence-corrected chi connectivity index (χ1v) is 12.7. The monoisotopic (exact) mass is 493 g/mol. The number of nitrogens with one attached hydrogen (secondary N) is 2. The van der Waals surface area contributed by atoms with Crippen LogP contribution in [0.15, 0.2) is 24.3 Å². The Hall–Kier alpha value is -2.22. The molecule has 0 spiro atoms. The standard InChI is InChI=1S/C26H43N3O4S/c1-9-11-15-27-22(30)21(19-14-12-13-18(3)16-19)29(26(7,8)10-2)23(31)20(17-34)28-24(32)33-25(4,5)6/h12-14,16,20-21,34H,9-11,15,17H2,1-8H3,(H,27,30)(H,28,32). The summed E-state index contributed by atoms with van der Waals surface area (Å²) >= 11 is 4.34. The van der Waals surface area contributed by atoms with E-state index < -0.39 is 29.3 Å². The summed E-state index contributed by atoms with van der Waals surface area (Å²) in [7, 11) is 0. The molecule has 0 aromatic heterocycles. The molecule has 1 aromatic carbocycles. The third-order valence-electron chi connectivity index (χ3n) is 5.62. The average Bonchev–Trinajstić information content (AvgIpc) is 2.73. The van der Waals surface area contributed by atoms with E-state index in [1.165, 1.54) is 0 Å². The molecule has 0 fully saturated rings. The molecule has 3 amide bonds. The Morgan fingerprint density at radius 2 is 1.76 bits per heavy atom. The highest BCUT2D eigenvalue weighted by molar-refractivity contribution is 7.80. The predicted molar refractivity (Wildman–Crippen MR) is 140 cm³/mol. The van der Waals surface area contributed by atoms with Gasteiger partial charge in [-0.3, -0.25) is 9.59 Å². The molecule has 192 valence electrons. The molecule has 1 rings (SSSR count). The third-order valence-corrected chi connectivity index (χ3v) is 5.99. The Balaban J connectivity index is 3.48. The van der Waals surface area contributed by atoms with Gasteiger partial charge >= 0.3 is 6.09 Å². The lowest BCUT2D eigenvalue weighted by Gasteiger charge is -2.44. The number of unbranched alkanes of at least 4 members (excludes halogenated alkanes) is 1. The molecular formula is C26H43N3O4S. The van der Waals surface area contributed by atoms with Crippen molar-refractivity contribution in [1.29, 1.82) is 0 Å². The Morgan fingerprint density at radius 1 is 1.12 bits per heavy atom. The minimum absolute atomic E-state index is 0.0619. The van der Waals surface area contributed by atoms with Gasteiger partial charge in [0.1, 0.15) is 17.7 Å². The van der Waals surface area contributed by atoms with Gasteiger partial charge in [-0.05, 0) is 59.9 Å². The fourth-order valence-electron chi connectivity index (χ4n) is 3.49. The summed E-state index contributed by atoms with van der Waals surface area (Å²) in [5.74, 6) is -0.569. The van der Waals surface area contributed by atoms with Crippen molar-refractivity contribution in [2.75, 3.05) is 12.3 Å². The number of hydrogen-bond acceptors (Lipinski definition) is 5. The number of aryl methyl sites for hydroxylation is 1. The van der Waals surface area contributed by atoms with Crippen LogP contribution in [-0.2, 0) is 14.3 Å². The Labute approximate surface area is 210 Å². The maximum absolute atomic E-state index is 13.9. The number of alkyl carbamates (subject to hydrolysis) is 1. The average molecular weight is 494 g/mol. The third kappa shape index (κ3) is 8.85. The van der Waals surface area contributed by atoms with Crippen LogP contribution in [0.1, 0.15) is 84.9 Å². The minimum Gasteiger partial charge on any atom is -0.444 e. The lowest BCUT2D eigenvalue weighted by atomic mass is 9.91. The molecule has 0 aliphatic carbocycles. The van der Waals surface area contributed by atoms with Crippen molar-refractivity contribution >= 4 is 30.5 Å². The number of rotatable bonds is 11. The molecule has 0 bridgehead atoms. The second kappa shape index (κ2) is 13.0. The first-order valence-electron chi connectivity index (χ1n) is 12.0. The van der Waals surface area contributed by atoms with Crippen LogP contribution < -0.4 is 10.6 Å². The zero-order valence-electron chi connectivity index (χ0n) is 22.0. The van der Waals surface area contributed by atoms with E-state index in [9.17, 15) is 14.4 Å². The largest absolute Gasteiger partial charge is 0.444 e. The summed E-state index contributed by atoms with van der Waals surface area (Å²) in [4.78, 5) is 41.5. The fourth-order valence-corrected chi connectivity index (χ4v) is 3.74. The van der Waals surface area contributed by atoms with E-state index in [1.54, 1.807) is 25.7 Å². The molecule has 0 saturated carbocycles. The van der Waals surface area contributed by atoms with Crippen molar-refractivity contribution in [2.24, 2.45) is 0 Å². The first kappa shape index (κ1) is 29.8. The SMILES string of the molecule is CCCCNC(=O)C(c1cccc(C)c1)N(C(=O)C(CS)NC(=O)OC(C)(C)C)C(C)(C)CC. The van der Waals surface area contributed by atoms with E-state index in [-0.39, 0.29) is 17.6 Å². The Morgan fingerprint density at radius 3 is 2.26 bits per heavy atom. The molecule has 1 aromatic rings. The molecule has 0 heterocycles. The van der Waals surface area contributed by atoms with Crippen LogP contribution in [0.3, 0.4) is 0 Å². The number of nitrogens with zero attached hydrogens (tertiary/aromatic N) is 1. The van der Waals surface area contributed by atoms with Crippen LogP contribution in [0, 0.1) is 6.92 Å². The lowest BCUT2D eigenvalue weighted by Crippen LogP contribution is -2.60. The maximum Gasteiger partial charge on any atom is 0.408 e. The second-order valence-electron chi connectivity index (χ2n) is 10.2. The number of hydrogen-bond donors (Lipinski definition) is 3. The highest BCUT2D eigenvalue weighted by Crippen LogP contribution is 2.32. The van der Waals surface area contributed by atoms with E-state index >= 15 is 0 Å². The van der Waals surface area contributed by atoms with Gasteiger partial charge in [-0.15, -0.1) is 0 Å². The molecule has 7 nitrogen and oxygen atoms in total. The van der Waals surface area contributed by atoms with Gasteiger partial charge < -0.3 is 20.3 Å². The van der Waals surface area contributed by atoms with Crippen LogP contribution in [0.2, 0.25) is 0 Å². The molecule has 34 heavy (non-hydrogen) atoms. The molecule has 2 unspecified atom stereocenters. The first-order chi connectivity index (χ1) is 15.8. The van der Waals surface area contributed by atoms with Gasteiger partial charge in [-0.2, -0.15) is 12.6 Å². The van der Waals surface area contributed by atoms with Crippen molar-refractivity contribution in [1.82, 2.24) is 15.5 Å². The molecule has 8 heteroatoms. The van der Waals surface area contributed by atoms with Gasteiger partial charge in [-0.25, -0.2) is 4.79 Å². The molecule has 0 aliphatic rings. The van der Waals surface area contributed by atoms with Crippen molar-refractivity contribution in [3.8, 4) is 0 Å². The number of thiol groups is 1. The summed E-state index contributed by atoms with van der Waals surface area (Å²) in [6.07, 6.45) is 1.69. The van der Waals surface area contributed by atoms with Crippen molar-refractivity contribution in [3.05, 3.63) is 35.4 Å². The number of ether oxygens (including phenoxy) is 1. The van der Waals surface area contributed by atoms with Crippen LogP contribution in [0.4, 0.5) is 4.79 Å².